The highest BCUT2D eigenvalue weighted by Crippen LogP contribution is 2.26. The molecule has 0 saturated carbocycles. The fourth-order valence-corrected chi connectivity index (χ4v) is 2.30. The molecule has 19 heavy (non-hydrogen) atoms. The van der Waals surface area contributed by atoms with E-state index in [0.717, 1.165) is 5.56 Å². The van der Waals surface area contributed by atoms with Gasteiger partial charge in [-0.2, -0.15) is 0 Å². The van der Waals surface area contributed by atoms with Crippen LogP contribution in [0.4, 0.5) is 4.39 Å². The van der Waals surface area contributed by atoms with E-state index in [1.807, 2.05) is 6.92 Å². The molecule has 2 aromatic carbocycles. The second-order valence-corrected chi connectivity index (χ2v) is 5.01. The Morgan fingerprint density at radius 1 is 1.16 bits per heavy atom. The molecule has 0 saturated heterocycles. The van der Waals surface area contributed by atoms with Crippen LogP contribution < -0.4 is 4.74 Å². The van der Waals surface area contributed by atoms with Crippen LogP contribution in [-0.4, -0.2) is 12.9 Å². The standard InChI is InChI=1S/C15H12BrFO2/c1-9-3-6-14(17)12(7-9)15(18)11-5-4-10(19-2)8-13(11)16/h3-8H,1-2H3. The van der Waals surface area contributed by atoms with Crippen molar-refractivity contribution in [1.82, 2.24) is 0 Å². The summed E-state index contributed by atoms with van der Waals surface area (Å²) in [6.07, 6.45) is 0. The van der Waals surface area contributed by atoms with E-state index in [-0.39, 0.29) is 11.3 Å². The third kappa shape index (κ3) is 2.84. The summed E-state index contributed by atoms with van der Waals surface area (Å²) < 4.78 is 19.4. The lowest BCUT2D eigenvalue weighted by Crippen LogP contribution is -2.05. The van der Waals surface area contributed by atoms with Gasteiger partial charge in [0.25, 0.3) is 0 Å². The summed E-state index contributed by atoms with van der Waals surface area (Å²) in [5, 5.41) is 0. The zero-order valence-electron chi connectivity index (χ0n) is 10.5. The van der Waals surface area contributed by atoms with Gasteiger partial charge in [0.1, 0.15) is 11.6 Å². The number of carbonyl (C=O) groups excluding carboxylic acids is 1. The number of methoxy groups -OCH3 is 1. The molecule has 4 heteroatoms. The molecule has 0 aliphatic heterocycles. The normalized spacial score (nSPS) is 10.3. The number of rotatable bonds is 3. The van der Waals surface area contributed by atoms with Crippen LogP contribution in [0.25, 0.3) is 0 Å². The van der Waals surface area contributed by atoms with Crippen LogP contribution in [0, 0.1) is 12.7 Å². The van der Waals surface area contributed by atoms with Gasteiger partial charge in [0.15, 0.2) is 5.78 Å². The van der Waals surface area contributed by atoms with Gasteiger partial charge in [0.2, 0.25) is 0 Å². The quantitative estimate of drug-likeness (QED) is 0.794. The maximum Gasteiger partial charge on any atom is 0.197 e. The van der Waals surface area contributed by atoms with Crippen LogP contribution in [0.3, 0.4) is 0 Å². The minimum absolute atomic E-state index is 0.0749. The Bertz CT molecular complexity index is 638. The average molecular weight is 323 g/mol. The molecule has 0 aromatic heterocycles. The minimum atomic E-state index is -0.515. The van der Waals surface area contributed by atoms with Gasteiger partial charge >= 0.3 is 0 Å². The summed E-state index contributed by atoms with van der Waals surface area (Å²) >= 11 is 3.31. The molecule has 0 unspecified atom stereocenters. The molecule has 0 fully saturated rings. The Hall–Kier alpha value is -1.68. The largest absolute Gasteiger partial charge is 0.497 e. The molecule has 0 atom stereocenters. The monoisotopic (exact) mass is 322 g/mol. The van der Waals surface area contributed by atoms with E-state index in [9.17, 15) is 9.18 Å². The molecule has 2 aromatic rings. The number of aryl methyl sites for hydroxylation is 1. The number of benzene rings is 2. The smallest absolute Gasteiger partial charge is 0.197 e. The Labute approximate surface area is 119 Å². The molecule has 0 aliphatic rings. The maximum absolute atomic E-state index is 13.7. The number of hydrogen-bond acceptors (Lipinski definition) is 2. The van der Waals surface area contributed by atoms with Crippen molar-refractivity contribution in [3.05, 3.63) is 63.4 Å². The fraction of sp³-hybridized carbons (Fsp3) is 0.133. The van der Waals surface area contributed by atoms with E-state index in [4.69, 9.17) is 4.74 Å². The Morgan fingerprint density at radius 2 is 1.89 bits per heavy atom. The van der Waals surface area contributed by atoms with Crippen LogP contribution in [0.1, 0.15) is 21.5 Å². The highest BCUT2D eigenvalue weighted by atomic mass is 79.9. The topological polar surface area (TPSA) is 26.3 Å². The summed E-state index contributed by atoms with van der Waals surface area (Å²) in [5.41, 5.74) is 1.32. The van der Waals surface area contributed by atoms with E-state index < -0.39 is 5.82 Å². The first-order chi connectivity index (χ1) is 9.02. The molecule has 98 valence electrons. The van der Waals surface area contributed by atoms with Gasteiger partial charge in [-0.15, -0.1) is 0 Å². The fourth-order valence-electron chi connectivity index (χ4n) is 1.77. The van der Waals surface area contributed by atoms with Crippen molar-refractivity contribution >= 4 is 21.7 Å². The van der Waals surface area contributed by atoms with Crippen molar-refractivity contribution in [3.8, 4) is 5.75 Å². The maximum atomic E-state index is 13.7. The molecular weight excluding hydrogens is 311 g/mol. The lowest BCUT2D eigenvalue weighted by Gasteiger charge is -2.07. The zero-order valence-corrected chi connectivity index (χ0v) is 12.1. The first-order valence-electron chi connectivity index (χ1n) is 5.67. The molecule has 2 rings (SSSR count). The molecule has 0 bridgehead atoms. The Balaban J connectivity index is 2.47. The van der Waals surface area contributed by atoms with E-state index in [1.54, 1.807) is 37.4 Å². The predicted molar refractivity (Wildman–Crippen MR) is 75.3 cm³/mol. The first-order valence-corrected chi connectivity index (χ1v) is 6.46. The van der Waals surface area contributed by atoms with Crippen LogP contribution >= 0.6 is 15.9 Å². The van der Waals surface area contributed by atoms with Gasteiger partial charge in [0, 0.05) is 10.0 Å². The Morgan fingerprint density at radius 3 is 2.53 bits per heavy atom. The molecule has 0 amide bonds. The van der Waals surface area contributed by atoms with E-state index in [2.05, 4.69) is 15.9 Å². The van der Waals surface area contributed by atoms with Gasteiger partial charge in [-0.1, -0.05) is 11.6 Å². The Kier molecular flexibility index (Phi) is 4.00. The number of hydrogen-bond donors (Lipinski definition) is 0. The van der Waals surface area contributed by atoms with Gasteiger partial charge < -0.3 is 4.74 Å². The molecule has 2 nitrogen and oxygen atoms in total. The summed E-state index contributed by atoms with van der Waals surface area (Å²) in [7, 11) is 1.55. The van der Waals surface area contributed by atoms with E-state index in [1.165, 1.54) is 6.07 Å². The predicted octanol–water partition coefficient (Wildman–Crippen LogP) is 4.14. The van der Waals surface area contributed by atoms with E-state index in [0.29, 0.717) is 15.8 Å². The van der Waals surface area contributed by atoms with Crippen LogP contribution in [0.5, 0.6) is 5.75 Å². The number of ketones is 1. The third-order valence-corrected chi connectivity index (χ3v) is 3.44. The van der Waals surface area contributed by atoms with Gasteiger partial charge in [0.05, 0.1) is 12.7 Å². The van der Waals surface area contributed by atoms with Crippen LogP contribution in [0.2, 0.25) is 0 Å². The number of ether oxygens (including phenoxy) is 1. The third-order valence-electron chi connectivity index (χ3n) is 2.79. The number of halogens is 2. The van der Waals surface area contributed by atoms with E-state index >= 15 is 0 Å². The number of carbonyl (C=O) groups is 1. The van der Waals surface area contributed by atoms with Gasteiger partial charge in [-0.3, -0.25) is 4.79 Å². The SMILES string of the molecule is COc1ccc(C(=O)c2cc(C)ccc2F)c(Br)c1. The summed E-state index contributed by atoms with van der Waals surface area (Å²) in [4.78, 5) is 12.3. The molecule has 0 aliphatic carbocycles. The lowest BCUT2D eigenvalue weighted by molar-refractivity contribution is 0.103. The molecule has 0 spiro atoms. The second kappa shape index (κ2) is 5.53. The van der Waals surface area contributed by atoms with Gasteiger partial charge in [-0.05, 0) is 53.2 Å². The van der Waals surface area contributed by atoms with Crippen LogP contribution in [-0.2, 0) is 0 Å². The van der Waals surface area contributed by atoms with Crippen LogP contribution in [0.15, 0.2) is 40.9 Å². The lowest BCUT2D eigenvalue weighted by atomic mass is 10.0. The summed E-state index contributed by atoms with van der Waals surface area (Å²) in [6, 6.07) is 9.46. The van der Waals surface area contributed by atoms with Crippen molar-refractivity contribution < 1.29 is 13.9 Å². The molecule has 0 heterocycles. The average Bonchev–Trinajstić information content (AvgIpc) is 2.40. The molecular formula is C15H12BrFO2. The van der Waals surface area contributed by atoms with Crippen molar-refractivity contribution in [3.63, 3.8) is 0 Å². The highest BCUT2D eigenvalue weighted by molar-refractivity contribution is 9.10. The summed E-state index contributed by atoms with van der Waals surface area (Å²) in [5.74, 6) is -0.234. The van der Waals surface area contributed by atoms with Crippen molar-refractivity contribution in [2.75, 3.05) is 7.11 Å². The molecule has 0 N–H and O–H groups in total. The zero-order chi connectivity index (χ0) is 14.0. The van der Waals surface area contributed by atoms with Crippen molar-refractivity contribution in [2.45, 2.75) is 6.92 Å². The minimum Gasteiger partial charge on any atom is -0.497 e. The summed E-state index contributed by atoms with van der Waals surface area (Å²) in [6.45, 7) is 1.82. The first kappa shape index (κ1) is 13.7. The highest BCUT2D eigenvalue weighted by Gasteiger charge is 2.17. The molecule has 0 radical (unpaired) electrons. The van der Waals surface area contributed by atoms with Crippen molar-refractivity contribution in [1.29, 1.82) is 0 Å². The van der Waals surface area contributed by atoms with Gasteiger partial charge in [-0.25, -0.2) is 4.39 Å². The second-order valence-electron chi connectivity index (χ2n) is 4.16. The van der Waals surface area contributed by atoms with Crippen molar-refractivity contribution in [2.24, 2.45) is 0 Å².